The third-order valence-electron chi connectivity index (χ3n) is 4.83. The third kappa shape index (κ3) is 8.62. The number of nitrogens with one attached hydrogen (secondary N) is 3. The van der Waals surface area contributed by atoms with Gasteiger partial charge in [-0.05, 0) is 36.6 Å². The average molecular weight is 456 g/mol. The zero-order valence-electron chi connectivity index (χ0n) is 18.3. The Hall–Kier alpha value is -3.92. The molecule has 10 nitrogen and oxygen atoms in total. The first kappa shape index (κ1) is 25.3. The number of hydrogen-bond acceptors (Lipinski definition) is 6. The molecule has 0 heterocycles. The van der Waals surface area contributed by atoms with E-state index >= 15 is 0 Å². The maximum atomic E-state index is 12.7. The minimum Gasteiger partial charge on any atom is -0.508 e. The Morgan fingerprint density at radius 3 is 2.06 bits per heavy atom. The van der Waals surface area contributed by atoms with Gasteiger partial charge in [-0.2, -0.15) is 0 Å². The van der Waals surface area contributed by atoms with Crippen LogP contribution in [0.3, 0.4) is 0 Å². The molecule has 0 fully saturated rings. The molecule has 0 aliphatic heterocycles. The summed E-state index contributed by atoms with van der Waals surface area (Å²) in [5.41, 5.74) is 12.6. The van der Waals surface area contributed by atoms with Gasteiger partial charge in [-0.15, -0.1) is 0 Å². The van der Waals surface area contributed by atoms with E-state index in [4.69, 9.17) is 11.5 Å². The summed E-state index contributed by atoms with van der Waals surface area (Å²) < 4.78 is 0. The molecule has 0 aromatic heterocycles. The number of nitrogens with two attached hydrogens (primary N) is 2. The number of aromatic hydroxyl groups is 1. The minimum absolute atomic E-state index is 0.104. The number of carbonyl (C=O) groups is 4. The summed E-state index contributed by atoms with van der Waals surface area (Å²) >= 11 is 0. The Balaban J connectivity index is 1.97. The fourth-order valence-electron chi connectivity index (χ4n) is 3.02. The van der Waals surface area contributed by atoms with Gasteiger partial charge in [0.1, 0.15) is 17.8 Å². The van der Waals surface area contributed by atoms with E-state index in [-0.39, 0.29) is 25.1 Å². The molecule has 0 aliphatic rings. The molecule has 0 spiro atoms. The van der Waals surface area contributed by atoms with Crippen LogP contribution >= 0.6 is 0 Å². The van der Waals surface area contributed by atoms with Crippen LogP contribution in [0.4, 0.5) is 0 Å². The standard InChI is InChI=1S/C23H29N5O5/c1-14(27-22(32)18(24)11-16-7-9-17(29)10-8-16)21(31)28-19(23(33)26-13-20(25)30)12-15-5-3-2-4-6-15/h2-10,14,18-19,29H,11-13,24H2,1H3,(H2,25,30)(H,26,33)(H,27,32)(H,28,31)/t14-,18-,19-/m0/s1. The minimum atomic E-state index is -0.982. The van der Waals surface area contributed by atoms with Crippen LogP contribution < -0.4 is 27.4 Å². The summed E-state index contributed by atoms with van der Waals surface area (Å²) in [5, 5.41) is 16.9. The van der Waals surface area contributed by atoms with Crippen LogP contribution in [0.15, 0.2) is 54.6 Å². The number of primary amides is 1. The van der Waals surface area contributed by atoms with Gasteiger partial charge in [-0.3, -0.25) is 19.2 Å². The zero-order valence-corrected chi connectivity index (χ0v) is 18.3. The lowest BCUT2D eigenvalue weighted by Gasteiger charge is -2.22. The van der Waals surface area contributed by atoms with E-state index < -0.39 is 41.8 Å². The van der Waals surface area contributed by atoms with E-state index in [1.54, 1.807) is 36.4 Å². The van der Waals surface area contributed by atoms with E-state index in [1.165, 1.54) is 19.1 Å². The van der Waals surface area contributed by atoms with Crippen molar-refractivity contribution in [2.45, 2.75) is 37.9 Å². The predicted octanol–water partition coefficient (Wildman–Crippen LogP) is -0.904. The van der Waals surface area contributed by atoms with Crippen LogP contribution in [0.25, 0.3) is 0 Å². The number of phenols is 1. The molecule has 8 N–H and O–H groups in total. The number of benzene rings is 2. The number of phenolic OH excluding ortho intramolecular Hbond substituents is 1. The highest BCUT2D eigenvalue weighted by Crippen LogP contribution is 2.11. The van der Waals surface area contributed by atoms with Gasteiger partial charge < -0.3 is 32.5 Å². The van der Waals surface area contributed by atoms with Gasteiger partial charge in [0.2, 0.25) is 23.6 Å². The molecular weight excluding hydrogens is 426 g/mol. The highest BCUT2D eigenvalue weighted by Gasteiger charge is 2.26. The van der Waals surface area contributed by atoms with E-state index in [2.05, 4.69) is 16.0 Å². The Kier molecular flexibility index (Phi) is 9.37. The molecule has 176 valence electrons. The van der Waals surface area contributed by atoms with Gasteiger partial charge in [0, 0.05) is 6.42 Å². The van der Waals surface area contributed by atoms with E-state index in [9.17, 15) is 24.3 Å². The second-order valence-electron chi connectivity index (χ2n) is 7.64. The van der Waals surface area contributed by atoms with Crippen molar-refractivity contribution in [1.29, 1.82) is 0 Å². The van der Waals surface area contributed by atoms with E-state index in [0.29, 0.717) is 0 Å². The van der Waals surface area contributed by atoms with Crippen molar-refractivity contribution < 1.29 is 24.3 Å². The molecule has 33 heavy (non-hydrogen) atoms. The first-order valence-electron chi connectivity index (χ1n) is 10.4. The summed E-state index contributed by atoms with van der Waals surface area (Å²) in [6, 6.07) is 12.4. The summed E-state index contributed by atoms with van der Waals surface area (Å²) in [5.74, 6) is -2.31. The second kappa shape index (κ2) is 12.2. The number of rotatable bonds is 11. The van der Waals surface area contributed by atoms with Crippen molar-refractivity contribution >= 4 is 23.6 Å². The molecule has 0 saturated carbocycles. The van der Waals surface area contributed by atoms with Gasteiger partial charge in [-0.1, -0.05) is 42.5 Å². The number of carbonyl (C=O) groups excluding carboxylic acids is 4. The lowest BCUT2D eigenvalue weighted by molar-refractivity contribution is -0.132. The van der Waals surface area contributed by atoms with Gasteiger partial charge >= 0.3 is 0 Å². The maximum Gasteiger partial charge on any atom is 0.243 e. The van der Waals surface area contributed by atoms with Crippen LogP contribution in [0.1, 0.15) is 18.1 Å². The van der Waals surface area contributed by atoms with E-state index in [0.717, 1.165) is 11.1 Å². The molecular formula is C23H29N5O5. The topological polar surface area (TPSA) is 177 Å². The van der Waals surface area contributed by atoms with Gasteiger partial charge in [0.05, 0.1) is 12.6 Å². The van der Waals surface area contributed by atoms with Crippen molar-refractivity contribution in [1.82, 2.24) is 16.0 Å². The van der Waals surface area contributed by atoms with Crippen LogP contribution in [0, 0.1) is 0 Å². The molecule has 0 radical (unpaired) electrons. The van der Waals surface area contributed by atoms with E-state index in [1.807, 2.05) is 6.07 Å². The summed E-state index contributed by atoms with van der Waals surface area (Å²) in [6.07, 6.45) is 0.394. The summed E-state index contributed by atoms with van der Waals surface area (Å²) in [6.45, 7) is 1.11. The van der Waals surface area contributed by atoms with Crippen molar-refractivity contribution in [3.8, 4) is 5.75 Å². The van der Waals surface area contributed by atoms with Gasteiger partial charge in [0.15, 0.2) is 0 Å². The second-order valence-corrected chi connectivity index (χ2v) is 7.64. The summed E-state index contributed by atoms with van der Waals surface area (Å²) in [7, 11) is 0. The molecule has 0 aliphatic carbocycles. The fourth-order valence-corrected chi connectivity index (χ4v) is 3.02. The fraction of sp³-hybridized carbons (Fsp3) is 0.304. The Morgan fingerprint density at radius 2 is 1.45 bits per heavy atom. The average Bonchev–Trinajstić information content (AvgIpc) is 2.78. The lowest BCUT2D eigenvalue weighted by Crippen LogP contribution is -2.56. The van der Waals surface area contributed by atoms with Crippen LogP contribution in [0.5, 0.6) is 5.75 Å². The Bertz CT molecular complexity index is 965. The molecule has 2 aromatic carbocycles. The SMILES string of the molecule is C[C@H](NC(=O)[C@@H](N)Cc1ccc(O)cc1)C(=O)N[C@@H](Cc1ccccc1)C(=O)NCC(N)=O. The smallest absolute Gasteiger partial charge is 0.243 e. The van der Waals surface area contributed by atoms with Crippen LogP contribution in [-0.2, 0) is 32.0 Å². The van der Waals surface area contributed by atoms with Crippen molar-refractivity contribution in [2.24, 2.45) is 11.5 Å². The number of amides is 4. The molecule has 2 rings (SSSR count). The van der Waals surface area contributed by atoms with Crippen molar-refractivity contribution in [3.63, 3.8) is 0 Å². The van der Waals surface area contributed by atoms with Gasteiger partial charge in [-0.25, -0.2) is 0 Å². The molecule has 2 aromatic rings. The monoisotopic (exact) mass is 455 g/mol. The molecule has 0 unspecified atom stereocenters. The molecule has 10 heteroatoms. The normalized spacial score (nSPS) is 13.3. The maximum absolute atomic E-state index is 12.7. The van der Waals surface area contributed by atoms with Crippen molar-refractivity contribution in [3.05, 3.63) is 65.7 Å². The molecule has 4 amide bonds. The van der Waals surface area contributed by atoms with Crippen LogP contribution in [-0.4, -0.2) is 53.4 Å². The van der Waals surface area contributed by atoms with Gasteiger partial charge in [0.25, 0.3) is 0 Å². The molecule has 3 atom stereocenters. The quantitative estimate of drug-likeness (QED) is 0.256. The molecule has 0 saturated heterocycles. The lowest BCUT2D eigenvalue weighted by atomic mass is 10.0. The highest BCUT2D eigenvalue weighted by molar-refractivity contribution is 5.93. The van der Waals surface area contributed by atoms with Crippen LogP contribution in [0.2, 0.25) is 0 Å². The van der Waals surface area contributed by atoms with Crippen molar-refractivity contribution in [2.75, 3.05) is 6.54 Å². The predicted molar refractivity (Wildman–Crippen MR) is 122 cm³/mol. The first-order chi connectivity index (χ1) is 15.7. The highest BCUT2D eigenvalue weighted by atomic mass is 16.3. The zero-order chi connectivity index (χ0) is 24.4. The number of hydrogen-bond donors (Lipinski definition) is 6. The summed E-state index contributed by atoms with van der Waals surface area (Å²) in [4.78, 5) is 48.6. The Labute approximate surface area is 191 Å². The Morgan fingerprint density at radius 1 is 0.848 bits per heavy atom. The molecule has 0 bridgehead atoms. The first-order valence-corrected chi connectivity index (χ1v) is 10.4. The third-order valence-corrected chi connectivity index (χ3v) is 4.83. The largest absolute Gasteiger partial charge is 0.508 e.